The van der Waals surface area contributed by atoms with Gasteiger partial charge in [0.25, 0.3) is 5.91 Å². The van der Waals surface area contributed by atoms with Gasteiger partial charge in [-0.05, 0) is 18.2 Å². The van der Waals surface area contributed by atoms with Crippen LogP contribution >= 0.6 is 11.8 Å². The Morgan fingerprint density at radius 3 is 3.06 bits per heavy atom. The van der Waals surface area contributed by atoms with E-state index in [1.165, 1.54) is 0 Å². The minimum absolute atomic E-state index is 0.0429. The number of hydrogen-bond acceptors (Lipinski definition) is 3. The van der Waals surface area contributed by atoms with Crippen molar-refractivity contribution in [3.8, 4) is 5.75 Å². The summed E-state index contributed by atoms with van der Waals surface area (Å²) in [6.45, 7) is 4.04. The van der Waals surface area contributed by atoms with Crippen molar-refractivity contribution in [3.63, 3.8) is 0 Å². The molecule has 0 atom stereocenters. The molecular formula is C12H14FNO2S. The maximum Gasteiger partial charge on any atom is 0.255 e. The van der Waals surface area contributed by atoms with Gasteiger partial charge in [-0.2, -0.15) is 11.8 Å². The Labute approximate surface area is 104 Å². The predicted molar refractivity (Wildman–Crippen MR) is 67.9 cm³/mol. The van der Waals surface area contributed by atoms with Crippen LogP contribution in [0.5, 0.6) is 5.75 Å². The Bertz CT molecular complexity index is 409. The highest BCUT2D eigenvalue weighted by Crippen LogP contribution is 2.17. The molecule has 1 aromatic carbocycles. The summed E-state index contributed by atoms with van der Waals surface area (Å²) in [6.07, 6.45) is 1.78. The highest BCUT2D eigenvalue weighted by atomic mass is 32.2. The Morgan fingerprint density at radius 2 is 2.35 bits per heavy atom. The van der Waals surface area contributed by atoms with Crippen LogP contribution in [-0.2, 0) is 0 Å². The van der Waals surface area contributed by atoms with E-state index in [2.05, 4.69) is 11.9 Å². The predicted octanol–water partition coefficient (Wildman–Crippen LogP) is 2.18. The molecule has 0 aromatic heterocycles. The van der Waals surface area contributed by atoms with Gasteiger partial charge in [-0.1, -0.05) is 6.08 Å². The summed E-state index contributed by atoms with van der Waals surface area (Å²) in [5.74, 6) is 0.326. The molecule has 1 rings (SSSR count). The van der Waals surface area contributed by atoms with Crippen molar-refractivity contribution in [2.24, 2.45) is 0 Å². The summed E-state index contributed by atoms with van der Waals surface area (Å²) in [5, 5.41) is 12.0. The van der Waals surface area contributed by atoms with Crippen LogP contribution in [-0.4, -0.2) is 29.1 Å². The Kier molecular flexibility index (Phi) is 5.56. The second-order valence-corrected chi connectivity index (χ2v) is 4.43. The van der Waals surface area contributed by atoms with Gasteiger partial charge < -0.3 is 10.4 Å². The lowest BCUT2D eigenvalue weighted by Crippen LogP contribution is -2.26. The first-order valence-electron chi connectivity index (χ1n) is 5.10. The number of hydrogen-bond donors (Lipinski definition) is 2. The molecule has 0 aliphatic rings. The number of thioether (sulfide) groups is 1. The first kappa shape index (κ1) is 13.6. The lowest BCUT2D eigenvalue weighted by atomic mass is 10.2. The molecule has 0 heterocycles. The van der Waals surface area contributed by atoms with Crippen molar-refractivity contribution in [1.82, 2.24) is 5.32 Å². The largest absolute Gasteiger partial charge is 0.507 e. The molecule has 0 fully saturated rings. The molecule has 3 nitrogen and oxygen atoms in total. The maximum absolute atomic E-state index is 12.9. The number of rotatable bonds is 6. The standard InChI is InChI=1S/C12H14FNO2S/c1-2-6-17-7-5-14-12(16)10-8-9(13)3-4-11(10)15/h2-4,8,15H,1,5-7H2,(H,14,16). The van der Waals surface area contributed by atoms with E-state index in [9.17, 15) is 14.3 Å². The monoisotopic (exact) mass is 255 g/mol. The Morgan fingerprint density at radius 1 is 1.59 bits per heavy atom. The number of phenolic OH excluding ortho intramolecular Hbond substituents is 1. The zero-order valence-corrected chi connectivity index (χ0v) is 10.1. The molecule has 5 heteroatoms. The normalized spacial score (nSPS) is 9.94. The second-order valence-electron chi connectivity index (χ2n) is 3.28. The molecule has 0 aliphatic carbocycles. The third kappa shape index (κ3) is 4.48. The zero-order valence-electron chi connectivity index (χ0n) is 9.28. The van der Waals surface area contributed by atoms with Gasteiger partial charge in [-0.25, -0.2) is 4.39 Å². The van der Waals surface area contributed by atoms with Gasteiger partial charge in [0.2, 0.25) is 0 Å². The van der Waals surface area contributed by atoms with E-state index in [1.807, 2.05) is 0 Å². The summed E-state index contributed by atoms with van der Waals surface area (Å²) >= 11 is 1.63. The molecule has 1 amide bonds. The summed E-state index contributed by atoms with van der Waals surface area (Å²) in [6, 6.07) is 3.28. The molecule has 1 aromatic rings. The second kappa shape index (κ2) is 6.96. The van der Waals surface area contributed by atoms with Crippen molar-refractivity contribution in [2.45, 2.75) is 0 Å². The van der Waals surface area contributed by atoms with Gasteiger partial charge in [0.05, 0.1) is 5.56 Å². The van der Waals surface area contributed by atoms with Crippen molar-refractivity contribution >= 4 is 17.7 Å². The molecule has 0 bridgehead atoms. The number of amides is 1. The Hall–Kier alpha value is -1.49. The van der Waals surface area contributed by atoms with Crippen LogP contribution in [0.25, 0.3) is 0 Å². The number of carbonyl (C=O) groups excluding carboxylic acids is 1. The quantitative estimate of drug-likeness (QED) is 0.605. The minimum Gasteiger partial charge on any atom is -0.507 e. The zero-order chi connectivity index (χ0) is 12.7. The van der Waals surface area contributed by atoms with Gasteiger partial charge in [-0.15, -0.1) is 6.58 Å². The van der Waals surface area contributed by atoms with Crippen molar-refractivity contribution in [2.75, 3.05) is 18.1 Å². The average Bonchev–Trinajstić information content (AvgIpc) is 2.32. The van der Waals surface area contributed by atoms with E-state index in [0.717, 1.165) is 29.7 Å². The number of benzene rings is 1. The van der Waals surface area contributed by atoms with Crippen molar-refractivity contribution < 1.29 is 14.3 Å². The highest BCUT2D eigenvalue weighted by molar-refractivity contribution is 7.99. The van der Waals surface area contributed by atoms with Crippen LogP contribution in [0.15, 0.2) is 30.9 Å². The van der Waals surface area contributed by atoms with Crippen molar-refractivity contribution in [1.29, 1.82) is 0 Å². The molecule has 0 aliphatic heterocycles. The highest BCUT2D eigenvalue weighted by Gasteiger charge is 2.11. The van der Waals surface area contributed by atoms with Crippen LogP contribution < -0.4 is 5.32 Å². The van der Waals surface area contributed by atoms with E-state index >= 15 is 0 Å². The van der Waals surface area contributed by atoms with Gasteiger partial charge in [0, 0.05) is 18.1 Å². The van der Waals surface area contributed by atoms with Gasteiger partial charge in [-0.3, -0.25) is 4.79 Å². The fourth-order valence-electron chi connectivity index (χ4n) is 1.19. The molecular weight excluding hydrogens is 241 g/mol. The summed E-state index contributed by atoms with van der Waals surface area (Å²) < 4.78 is 12.9. The number of phenols is 1. The van der Waals surface area contributed by atoms with Crippen molar-refractivity contribution in [3.05, 3.63) is 42.2 Å². The van der Waals surface area contributed by atoms with Crippen LogP contribution in [0.4, 0.5) is 4.39 Å². The number of nitrogens with one attached hydrogen (secondary N) is 1. The first-order valence-corrected chi connectivity index (χ1v) is 6.26. The summed E-state index contributed by atoms with van der Waals surface area (Å²) in [7, 11) is 0. The van der Waals surface area contributed by atoms with E-state index in [-0.39, 0.29) is 11.3 Å². The first-order chi connectivity index (χ1) is 8.15. The van der Waals surface area contributed by atoms with Crippen LogP contribution in [0.2, 0.25) is 0 Å². The molecule has 2 N–H and O–H groups in total. The minimum atomic E-state index is -0.547. The van der Waals surface area contributed by atoms with Crippen LogP contribution in [0.1, 0.15) is 10.4 Å². The van der Waals surface area contributed by atoms with E-state index < -0.39 is 11.7 Å². The smallest absolute Gasteiger partial charge is 0.255 e. The number of carbonyl (C=O) groups is 1. The van der Waals surface area contributed by atoms with Gasteiger partial charge >= 0.3 is 0 Å². The maximum atomic E-state index is 12.9. The fourth-order valence-corrected chi connectivity index (χ4v) is 1.77. The fraction of sp³-hybridized carbons (Fsp3) is 0.250. The van der Waals surface area contributed by atoms with Gasteiger partial charge in [0.1, 0.15) is 11.6 Å². The topological polar surface area (TPSA) is 49.3 Å². The van der Waals surface area contributed by atoms with E-state index in [1.54, 1.807) is 17.8 Å². The molecule has 0 radical (unpaired) electrons. The molecule has 0 unspecified atom stereocenters. The average molecular weight is 255 g/mol. The SMILES string of the molecule is C=CCSCCNC(=O)c1cc(F)ccc1O. The Balaban J connectivity index is 2.46. The lowest BCUT2D eigenvalue weighted by molar-refractivity contribution is 0.0953. The molecule has 0 saturated heterocycles. The van der Waals surface area contributed by atoms with Crippen LogP contribution in [0, 0.1) is 5.82 Å². The van der Waals surface area contributed by atoms with E-state index in [0.29, 0.717) is 6.54 Å². The molecule has 92 valence electrons. The van der Waals surface area contributed by atoms with Gasteiger partial charge in [0.15, 0.2) is 0 Å². The third-order valence-electron chi connectivity index (χ3n) is 1.97. The molecule has 0 spiro atoms. The number of aromatic hydroxyl groups is 1. The van der Waals surface area contributed by atoms with E-state index in [4.69, 9.17) is 0 Å². The molecule has 17 heavy (non-hydrogen) atoms. The molecule has 0 saturated carbocycles. The number of halogens is 1. The van der Waals surface area contributed by atoms with Crippen LogP contribution in [0.3, 0.4) is 0 Å². The summed E-state index contributed by atoms with van der Waals surface area (Å²) in [5.41, 5.74) is -0.0429. The summed E-state index contributed by atoms with van der Waals surface area (Å²) in [4.78, 5) is 11.6. The third-order valence-corrected chi connectivity index (χ3v) is 2.94. The lowest BCUT2D eigenvalue weighted by Gasteiger charge is -2.06.